The standard InChI is InChI=1S/C15H16ClNO3S/c1-10(12-5-3-4-6-15(12)18)17-14-9-11(21(2,19)20)7-8-13(14)16/h3-10,17-18H,1-2H3. The molecule has 21 heavy (non-hydrogen) atoms. The van der Waals surface area contributed by atoms with Gasteiger partial charge in [-0.15, -0.1) is 0 Å². The fourth-order valence-corrected chi connectivity index (χ4v) is 2.83. The molecule has 2 N–H and O–H groups in total. The van der Waals surface area contributed by atoms with Gasteiger partial charge in [-0.25, -0.2) is 8.42 Å². The van der Waals surface area contributed by atoms with Gasteiger partial charge in [-0.3, -0.25) is 0 Å². The highest BCUT2D eigenvalue weighted by Gasteiger charge is 2.14. The molecule has 0 aliphatic rings. The Bertz CT molecular complexity index is 759. The van der Waals surface area contributed by atoms with Gasteiger partial charge in [0.2, 0.25) is 0 Å². The van der Waals surface area contributed by atoms with Crippen LogP contribution in [0.5, 0.6) is 5.75 Å². The summed E-state index contributed by atoms with van der Waals surface area (Å²) in [5.41, 5.74) is 1.22. The first-order chi connectivity index (χ1) is 9.79. The molecule has 112 valence electrons. The molecule has 0 bridgehead atoms. The van der Waals surface area contributed by atoms with Gasteiger partial charge in [0.05, 0.1) is 21.6 Å². The zero-order valence-corrected chi connectivity index (χ0v) is 13.2. The van der Waals surface area contributed by atoms with E-state index in [9.17, 15) is 13.5 Å². The van der Waals surface area contributed by atoms with Gasteiger partial charge in [-0.1, -0.05) is 29.8 Å². The van der Waals surface area contributed by atoms with Crippen LogP contribution >= 0.6 is 11.6 Å². The molecule has 0 heterocycles. The second-order valence-corrected chi connectivity index (χ2v) is 7.26. The second-order valence-electron chi connectivity index (χ2n) is 4.84. The number of benzene rings is 2. The molecule has 0 aliphatic heterocycles. The number of phenols is 1. The van der Waals surface area contributed by atoms with E-state index in [4.69, 9.17) is 11.6 Å². The molecular formula is C15H16ClNO3S. The third kappa shape index (κ3) is 3.68. The summed E-state index contributed by atoms with van der Waals surface area (Å²) >= 11 is 6.10. The lowest BCUT2D eigenvalue weighted by atomic mass is 10.1. The molecule has 0 spiro atoms. The van der Waals surface area contributed by atoms with E-state index in [0.29, 0.717) is 16.3 Å². The van der Waals surface area contributed by atoms with Crippen LogP contribution in [0.3, 0.4) is 0 Å². The molecule has 1 unspecified atom stereocenters. The molecule has 2 aromatic rings. The normalized spacial score (nSPS) is 12.9. The minimum atomic E-state index is -3.30. The summed E-state index contributed by atoms with van der Waals surface area (Å²) in [5.74, 6) is 0.174. The quantitative estimate of drug-likeness (QED) is 0.901. The molecule has 0 radical (unpaired) electrons. The Hall–Kier alpha value is -1.72. The van der Waals surface area contributed by atoms with Crippen molar-refractivity contribution < 1.29 is 13.5 Å². The Kier molecular flexibility index (Phi) is 4.44. The summed E-state index contributed by atoms with van der Waals surface area (Å²) in [7, 11) is -3.30. The summed E-state index contributed by atoms with van der Waals surface area (Å²) < 4.78 is 23.2. The Morgan fingerprint density at radius 3 is 2.48 bits per heavy atom. The SMILES string of the molecule is CC(Nc1cc(S(C)(=O)=O)ccc1Cl)c1ccccc1O. The maximum absolute atomic E-state index is 11.6. The summed E-state index contributed by atoms with van der Waals surface area (Å²) in [5, 5.41) is 13.4. The van der Waals surface area contributed by atoms with Gasteiger partial charge < -0.3 is 10.4 Å². The van der Waals surface area contributed by atoms with E-state index in [-0.39, 0.29) is 16.7 Å². The Labute approximate surface area is 129 Å². The predicted octanol–water partition coefficient (Wildman–Crippen LogP) is 3.62. The van der Waals surface area contributed by atoms with Crippen molar-refractivity contribution >= 4 is 27.1 Å². The van der Waals surface area contributed by atoms with Crippen molar-refractivity contribution in [3.63, 3.8) is 0 Å². The van der Waals surface area contributed by atoms with Gasteiger partial charge in [0.1, 0.15) is 5.75 Å². The first-order valence-electron chi connectivity index (χ1n) is 6.33. The average molecular weight is 326 g/mol. The monoisotopic (exact) mass is 325 g/mol. The van der Waals surface area contributed by atoms with E-state index < -0.39 is 9.84 Å². The molecule has 0 aromatic heterocycles. The second kappa shape index (κ2) is 5.95. The third-order valence-corrected chi connectivity index (χ3v) is 4.58. The lowest BCUT2D eigenvalue weighted by molar-refractivity contribution is 0.465. The molecule has 0 amide bonds. The van der Waals surface area contributed by atoms with Crippen molar-refractivity contribution in [3.8, 4) is 5.75 Å². The van der Waals surface area contributed by atoms with Crippen molar-refractivity contribution in [2.75, 3.05) is 11.6 Å². The molecule has 1 atom stereocenters. The molecule has 0 saturated heterocycles. The van der Waals surface area contributed by atoms with Gasteiger partial charge in [0, 0.05) is 11.8 Å². The number of sulfone groups is 1. The molecule has 6 heteroatoms. The number of para-hydroxylation sites is 1. The Morgan fingerprint density at radius 2 is 1.86 bits per heavy atom. The number of phenolic OH excluding ortho intramolecular Hbond substituents is 1. The lowest BCUT2D eigenvalue weighted by Gasteiger charge is -2.18. The predicted molar refractivity (Wildman–Crippen MR) is 84.7 cm³/mol. The molecule has 0 aliphatic carbocycles. The molecule has 0 saturated carbocycles. The summed E-state index contributed by atoms with van der Waals surface area (Å²) in [6.07, 6.45) is 1.15. The smallest absolute Gasteiger partial charge is 0.175 e. The fourth-order valence-electron chi connectivity index (χ4n) is 2.01. The highest BCUT2D eigenvalue weighted by atomic mass is 35.5. The van der Waals surface area contributed by atoms with Gasteiger partial charge in [-0.05, 0) is 31.2 Å². The maximum atomic E-state index is 11.6. The average Bonchev–Trinajstić information content (AvgIpc) is 2.40. The van der Waals surface area contributed by atoms with Crippen molar-refractivity contribution in [1.29, 1.82) is 0 Å². The van der Waals surface area contributed by atoms with Crippen molar-refractivity contribution in [1.82, 2.24) is 0 Å². The Morgan fingerprint density at radius 1 is 1.19 bits per heavy atom. The van der Waals surface area contributed by atoms with Crippen LogP contribution < -0.4 is 5.32 Å². The van der Waals surface area contributed by atoms with Crippen LogP contribution in [0.15, 0.2) is 47.4 Å². The van der Waals surface area contributed by atoms with Gasteiger partial charge in [-0.2, -0.15) is 0 Å². The molecule has 2 rings (SSSR count). The number of hydrogen-bond donors (Lipinski definition) is 2. The largest absolute Gasteiger partial charge is 0.508 e. The van der Waals surface area contributed by atoms with E-state index in [0.717, 1.165) is 6.26 Å². The highest BCUT2D eigenvalue weighted by Crippen LogP contribution is 2.31. The van der Waals surface area contributed by atoms with Gasteiger partial charge in [0.25, 0.3) is 0 Å². The van der Waals surface area contributed by atoms with Crippen LogP contribution in [-0.4, -0.2) is 19.8 Å². The van der Waals surface area contributed by atoms with Crippen molar-refractivity contribution in [3.05, 3.63) is 53.1 Å². The number of nitrogens with one attached hydrogen (secondary N) is 1. The van der Waals surface area contributed by atoms with Crippen molar-refractivity contribution in [2.45, 2.75) is 17.9 Å². The molecule has 0 fully saturated rings. The minimum absolute atomic E-state index is 0.174. The third-order valence-electron chi connectivity index (χ3n) is 3.14. The highest BCUT2D eigenvalue weighted by molar-refractivity contribution is 7.90. The zero-order chi connectivity index (χ0) is 15.6. The molecular weight excluding hydrogens is 310 g/mol. The zero-order valence-electron chi connectivity index (χ0n) is 11.7. The van der Waals surface area contributed by atoms with Crippen LogP contribution in [0, 0.1) is 0 Å². The van der Waals surface area contributed by atoms with E-state index >= 15 is 0 Å². The molecule has 4 nitrogen and oxygen atoms in total. The van der Waals surface area contributed by atoms with E-state index in [2.05, 4.69) is 5.32 Å². The van der Waals surface area contributed by atoms with Crippen LogP contribution in [0.25, 0.3) is 0 Å². The van der Waals surface area contributed by atoms with E-state index in [1.54, 1.807) is 18.2 Å². The summed E-state index contributed by atoms with van der Waals surface area (Å²) in [6.45, 7) is 1.86. The first kappa shape index (κ1) is 15.7. The first-order valence-corrected chi connectivity index (χ1v) is 8.60. The number of anilines is 1. The maximum Gasteiger partial charge on any atom is 0.175 e. The summed E-state index contributed by atoms with van der Waals surface area (Å²) in [4.78, 5) is 0.193. The number of halogens is 1. The van der Waals surface area contributed by atoms with Crippen molar-refractivity contribution in [2.24, 2.45) is 0 Å². The number of rotatable bonds is 4. The number of aromatic hydroxyl groups is 1. The van der Waals surface area contributed by atoms with Gasteiger partial charge in [0.15, 0.2) is 9.84 Å². The topological polar surface area (TPSA) is 66.4 Å². The lowest BCUT2D eigenvalue weighted by Crippen LogP contribution is -2.08. The molecule has 2 aromatic carbocycles. The van der Waals surface area contributed by atoms with Crippen LogP contribution in [0.4, 0.5) is 5.69 Å². The van der Waals surface area contributed by atoms with E-state index in [1.807, 2.05) is 13.0 Å². The number of hydrogen-bond acceptors (Lipinski definition) is 4. The fraction of sp³-hybridized carbons (Fsp3) is 0.200. The van der Waals surface area contributed by atoms with E-state index in [1.165, 1.54) is 18.2 Å². The minimum Gasteiger partial charge on any atom is -0.508 e. The van der Waals surface area contributed by atoms with Crippen LogP contribution in [-0.2, 0) is 9.84 Å². The van der Waals surface area contributed by atoms with Crippen LogP contribution in [0.1, 0.15) is 18.5 Å². The summed E-state index contributed by atoms with van der Waals surface area (Å²) in [6, 6.07) is 11.2. The Balaban J connectivity index is 2.33. The van der Waals surface area contributed by atoms with Gasteiger partial charge >= 0.3 is 0 Å². The van der Waals surface area contributed by atoms with Crippen LogP contribution in [0.2, 0.25) is 5.02 Å².